The molecule has 34 heavy (non-hydrogen) atoms. The lowest BCUT2D eigenvalue weighted by molar-refractivity contribution is -0.385. The zero-order chi connectivity index (χ0) is 25.0. The van der Waals surface area contributed by atoms with Crippen molar-refractivity contribution in [2.75, 3.05) is 13.2 Å². The van der Waals surface area contributed by atoms with Gasteiger partial charge in [0.25, 0.3) is 23.1 Å². The number of rotatable bonds is 9. The molecule has 2 aromatic carbocycles. The van der Waals surface area contributed by atoms with Crippen molar-refractivity contribution in [3.63, 3.8) is 0 Å². The number of nitro groups is 2. The third-order valence-corrected chi connectivity index (χ3v) is 5.29. The van der Waals surface area contributed by atoms with Gasteiger partial charge in [-0.25, -0.2) is 0 Å². The van der Waals surface area contributed by atoms with Crippen molar-refractivity contribution < 1.29 is 29.3 Å². The van der Waals surface area contributed by atoms with Gasteiger partial charge >= 0.3 is 0 Å². The van der Waals surface area contributed by atoms with Crippen LogP contribution in [-0.4, -0.2) is 50.8 Å². The van der Waals surface area contributed by atoms with Gasteiger partial charge in [0.2, 0.25) is 0 Å². The van der Waals surface area contributed by atoms with Gasteiger partial charge in [-0.05, 0) is 26.3 Å². The van der Waals surface area contributed by atoms with E-state index < -0.39 is 33.3 Å². The molecule has 1 amide bonds. The fraction of sp³-hybridized carbons (Fsp3) is 0.304. The van der Waals surface area contributed by atoms with Crippen LogP contribution in [0.15, 0.2) is 54.1 Å². The van der Waals surface area contributed by atoms with Gasteiger partial charge < -0.3 is 14.7 Å². The number of para-hydroxylation sites is 1. The highest BCUT2D eigenvalue weighted by Crippen LogP contribution is 2.42. The summed E-state index contributed by atoms with van der Waals surface area (Å²) in [6, 6.07) is 9.33. The number of Topliss-reactive ketones (excluding diaryl/α,β-unsaturated/α-hetero) is 1. The van der Waals surface area contributed by atoms with Crippen molar-refractivity contribution in [3.8, 4) is 0 Å². The maximum atomic E-state index is 13.0. The molecule has 3 rings (SSSR count). The molecule has 0 bridgehead atoms. The first-order chi connectivity index (χ1) is 16.1. The number of ketones is 1. The molecule has 1 heterocycles. The number of non-ortho nitro benzene ring substituents is 1. The average Bonchev–Trinajstić information content (AvgIpc) is 3.06. The zero-order valence-electron chi connectivity index (χ0n) is 18.5. The Labute approximate surface area is 194 Å². The first-order valence-corrected chi connectivity index (χ1v) is 10.5. The number of ether oxygens (including phenoxy) is 1. The fourth-order valence-electron chi connectivity index (χ4n) is 3.80. The summed E-state index contributed by atoms with van der Waals surface area (Å²) in [6.07, 6.45) is 0.300. The summed E-state index contributed by atoms with van der Waals surface area (Å²) in [7, 11) is 0. The third kappa shape index (κ3) is 4.94. The Hall–Kier alpha value is -4.12. The van der Waals surface area contributed by atoms with Crippen molar-refractivity contribution >= 4 is 28.8 Å². The summed E-state index contributed by atoms with van der Waals surface area (Å²) in [5.74, 6) is -2.61. The van der Waals surface area contributed by atoms with Crippen molar-refractivity contribution in [3.05, 3.63) is 85.5 Å². The molecule has 1 atom stereocenters. The summed E-state index contributed by atoms with van der Waals surface area (Å²) in [5.41, 5.74) is -1.04. The summed E-state index contributed by atoms with van der Waals surface area (Å²) >= 11 is 0. The molecule has 1 aliphatic rings. The molecule has 0 saturated carbocycles. The first-order valence-electron chi connectivity index (χ1n) is 10.5. The molecule has 1 saturated heterocycles. The number of hydrogen-bond acceptors (Lipinski definition) is 8. The molecular weight excluding hydrogens is 446 g/mol. The van der Waals surface area contributed by atoms with E-state index in [1.165, 1.54) is 42.5 Å². The van der Waals surface area contributed by atoms with Gasteiger partial charge in [-0.15, -0.1) is 0 Å². The smallest absolute Gasteiger partial charge is 0.295 e. The molecule has 0 aromatic heterocycles. The standard InChI is InChI=1S/C23H23N3O8/c1-14(2)34-12-6-11-24-20(17-9-3-4-10-18(17)26(32)33)19(22(28)23(24)29)21(27)15-7-5-8-16(13-15)25(30)31/h3-5,7-10,13-14,20,27H,6,11-12H2,1-2H3/t20-/m1/s1. The Bertz CT molecular complexity index is 1170. The number of nitro benzene ring substituents is 2. The van der Waals surface area contributed by atoms with Crippen LogP contribution in [-0.2, 0) is 14.3 Å². The minimum atomic E-state index is -1.25. The highest BCUT2D eigenvalue weighted by molar-refractivity contribution is 6.46. The first kappa shape index (κ1) is 24.5. The van der Waals surface area contributed by atoms with Crippen LogP contribution in [0.4, 0.5) is 11.4 Å². The molecule has 0 spiro atoms. The summed E-state index contributed by atoms with van der Waals surface area (Å²) in [5, 5.41) is 33.9. The van der Waals surface area contributed by atoms with Crippen LogP contribution in [0.25, 0.3) is 5.76 Å². The van der Waals surface area contributed by atoms with Crippen LogP contribution in [0.5, 0.6) is 0 Å². The van der Waals surface area contributed by atoms with Crippen LogP contribution in [0, 0.1) is 20.2 Å². The van der Waals surface area contributed by atoms with Gasteiger partial charge in [-0.1, -0.05) is 24.3 Å². The van der Waals surface area contributed by atoms with Gasteiger partial charge in [0.1, 0.15) is 5.76 Å². The van der Waals surface area contributed by atoms with E-state index in [0.29, 0.717) is 6.42 Å². The molecule has 178 valence electrons. The number of carbonyl (C=O) groups is 2. The number of amides is 1. The average molecular weight is 469 g/mol. The molecule has 0 aliphatic carbocycles. The molecule has 1 N–H and O–H groups in total. The molecule has 1 fully saturated rings. The second-order valence-corrected chi connectivity index (χ2v) is 7.89. The van der Waals surface area contributed by atoms with Crippen molar-refractivity contribution in [1.82, 2.24) is 4.90 Å². The molecule has 1 aliphatic heterocycles. The number of nitrogens with zero attached hydrogens (tertiary/aromatic N) is 3. The van der Waals surface area contributed by atoms with Gasteiger partial charge in [-0.2, -0.15) is 0 Å². The van der Waals surface area contributed by atoms with Gasteiger partial charge in [0.15, 0.2) is 0 Å². The van der Waals surface area contributed by atoms with E-state index in [1.807, 2.05) is 13.8 Å². The van der Waals surface area contributed by atoms with Gasteiger partial charge in [-0.3, -0.25) is 29.8 Å². The summed E-state index contributed by atoms with van der Waals surface area (Å²) in [4.78, 5) is 48.7. The van der Waals surface area contributed by atoms with Crippen molar-refractivity contribution in [2.24, 2.45) is 0 Å². The van der Waals surface area contributed by atoms with E-state index in [-0.39, 0.29) is 47.3 Å². The quantitative estimate of drug-likeness (QED) is 0.145. The van der Waals surface area contributed by atoms with Crippen molar-refractivity contribution in [1.29, 1.82) is 0 Å². The number of aliphatic hydroxyl groups excluding tert-OH is 1. The van der Waals surface area contributed by atoms with Crippen molar-refractivity contribution in [2.45, 2.75) is 32.4 Å². The van der Waals surface area contributed by atoms with Crippen LogP contribution in [0.1, 0.15) is 37.4 Å². The van der Waals surface area contributed by atoms with Crippen LogP contribution >= 0.6 is 0 Å². The van der Waals surface area contributed by atoms with Crippen LogP contribution in [0.2, 0.25) is 0 Å². The predicted molar refractivity (Wildman–Crippen MR) is 121 cm³/mol. The third-order valence-electron chi connectivity index (χ3n) is 5.29. The highest BCUT2D eigenvalue weighted by Gasteiger charge is 2.47. The Balaban J connectivity index is 2.15. The molecular formula is C23H23N3O8. The van der Waals surface area contributed by atoms with Crippen LogP contribution in [0.3, 0.4) is 0 Å². The van der Waals surface area contributed by atoms with E-state index >= 15 is 0 Å². The number of benzene rings is 2. The van der Waals surface area contributed by atoms with E-state index in [2.05, 4.69) is 0 Å². The maximum Gasteiger partial charge on any atom is 0.295 e. The minimum absolute atomic E-state index is 0.0414. The molecule has 0 radical (unpaired) electrons. The van der Waals surface area contributed by atoms with Gasteiger partial charge in [0.05, 0.1) is 33.1 Å². The van der Waals surface area contributed by atoms with Crippen LogP contribution < -0.4 is 0 Å². The normalized spacial score (nSPS) is 17.4. The lowest BCUT2D eigenvalue weighted by Crippen LogP contribution is -2.31. The topological polar surface area (TPSA) is 153 Å². The maximum absolute atomic E-state index is 13.0. The Kier molecular flexibility index (Phi) is 7.37. The van der Waals surface area contributed by atoms with E-state index in [4.69, 9.17) is 4.74 Å². The largest absolute Gasteiger partial charge is 0.507 e. The number of hydrogen-bond donors (Lipinski definition) is 1. The Morgan fingerprint density at radius 1 is 1.09 bits per heavy atom. The molecule has 11 heteroatoms. The zero-order valence-corrected chi connectivity index (χ0v) is 18.5. The Morgan fingerprint density at radius 2 is 1.79 bits per heavy atom. The molecule has 11 nitrogen and oxygen atoms in total. The van der Waals surface area contributed by atoms with E-state index in [0.717, 1.165) is 11.0 Å². The number of likely N-dealkylation sites (tertiary alicyclic amines) is 1. The summed E-state index contributed by atoms with van der Waals surface area (Å²) < 4.78 is 5.49. The lowest BCUT2D eigenvalue weighted by atomic mass is 9.94. The second-order valence-electron chi connectivity index (χ2n) is 7.89. The minimum Gasteiger partial charge on any atom is -0.507 e. The van der Waals surface area contributed by atoms with E-state index in [1.54, 1.807) is 0 Å². The second kappa shape index (κ2) is 10.2. The molecule has 2 aromatic rings. The lowest BCUT2D eigenvalue weighted by Gasteiger charge is -2.25. The van der Waals surface area contributed by atoms with E-state index in [9.17, 15) is 34.9 Å². The molecule has 0 unspecified atom stereocenters. The monoisotopic (exact) mass is 469 g/mol. The number of aliphatic hydroxyl groups is 1. The fourth-order valence-corrected chi connectivity index (χ4v) is 3.80. The predicted octanol–water partition coefficient (Wildman–Crippen LogP) is 3.74. The SMILES string of the molecule is CC(C)OCCCN1C(=O)C(=O)C(=C(O)c2cccc([N+](=O)[O-])c2)[C@H]1c1ccccc1[N+](=O)[O-]. The number of carbonyl (C=O) groups excluding carboxylic acids is 2. The Morgan fingerprint density at radius 3 is 2.44 bits per heavy atom. The highest BCUT2D eigenvalue weighted by atomic mass is 16.6. The van der Waals surface area contributed by atoms with Gasteiger partial charge in [0, 0.05) is 36.9 Å². The summed E-state index contributed by atoms with van der Waals surface area (Å²) in [6.45, 7) is 4.02.